The van der Waals surface area contributed by atoms with Crippen molar-refractivity contribution in [2.24, 2.45) is 0 Å². The van der Waals surface area contributed by atoms with Crippen molar-refractivity contribution in [2.45, 2.75) is 18.7 Å². The summed E-state index contributed by atoms with van der Waals surface area (Å²) >= 11 is 0. The molecule has 0 aromatic heterocycles. The number of rotatable bonds is 7. The van der Waals surface area contributed by atoms with Crippen LogP contribution in [0, 0.1) is 13.8 Å². The number of aryl methyl sites for hydroxylation is 2. The molecule has 0 radical (unpaired) electrons. The van der Waals surface area contributed by atoms with Gasteiger partial charge in [-0.25, -0.2) is 8.42 Å². The zero-order chi connectivity index (χ0) is 16.9. The van der Waals surface area contributed by atoms with E-state index in [1.165, 1.54) is 7.05 Å². The van der Waals surface area contributed by atoms with E-state index in [9.17, 15) is 13.2 Å². The first-order valence-electron chi connectivity index (χ1n) is 7.09. The summed E-state index contributed by atoms with van der Waals surface area (Å²) in [6, 6.07) is 4.97. The van der Waals surface area contributed by atoms with Crippen LogP contribution in [0.25, 0.3) is 0 Å². The van der Waals surface area contributed by atoms with Crippen LogP contribution in [0.5, 0.6) is 0 Å². The first-order valence-corrected chi connectivity index (χ1v) is 8.53. The van der Waals surface area contributed by atoms with Gasteiger partial charge in [0.1, 0.15) is 0 Å². The monoisotopic (exact) mass is 327 g/mol. The second-order valence-electron chi connectivity index (χ2n) is 5.66. The number of carbonyl (C=O) groups is 1. The van der Waals surface area contributed by atoms with Crippen molar-refractivity contribution in [3.63, 3.8) is 0 Å². The van der Waals surface area contributed by atoms with E-state index in [0.29, 0.717) is 13.1 Å². The highest BCUT2D eigenvalue weighted by Crippen LogP contribution is 2.17. The van der Waals surface area contributed by atoms with Crippen molar-refractivity contribution >= 4 is 15.9 Å². The minimum atomic E-state index is -3.65. The Hall–Kier alpha value is -1.44. The fraction of sp³-hybridized carbons (Fsp3) is 0.533. The number of nitrogens with one attached hydrogen (secondary N) is 1. The standard InChI is InChI=1S/C15H25N3O3S/c1-12-6-7-14(10-13(12)2)22(20,21)18(5)11-15(19)16-8-9-17(3)4/h6-7,10H,8-9,11H2,1-5H3,(H,16,19). The lowest BCUT2D eigenvalue weighted by Crippen LogP contribution is -2.40. The van der Waals surface area contributed by atoms with Crippen LogP contribution in [0.4, 0.5) is 0 Å². The Morgan fingerprint density at radius 1 is 1.14 bits per heavy atom. The van der Waals surface area contributed by atoms with E-state index in [0.717, 1.165) is 15.4 Å². The predicted molar refractivity (Wildman–Crippen MR) is 87.3 cm³/mol. The Bertz CT molecular complexity index is 627. The van der Waals surface area contributed by atoms with E-state index < -0.39 is 10.0 Å². The Labute approximate surface area is 133 Å². The maximum absolute atomic E-state index is 12.5. The highest BCUT2D eigenvalue weighted by molar-refractivity contribution is 7.89. The molecule has 0 aliphatic heterocycles. The first kappa shape index (κ1) is 18.6. The normalized spacial score (nSPS) is 12.0. The van der Waals surface area contributed by atoms with Crippen molar-refractivity contribution in [1.29, 1.82) is 0 Å². The predicted octanol–water partition coefficient (Wildman–Crippen LogP) is 0.602. The van der Waals surface area contributed by atoms with E-state index in [4.69, 9.17) is 0 Å². The van der Waals surface area contributed by atoms with Gasteiger partial charge in [0.25, 0.3) is 0 Å². The Balaban J connectivity index is 2.72. The average Bonchev–Trinajstić information content (AvgIpc) is 2.41. The SMILES string of the molecule is Cc1ccc(S(=O)(=O)N(C)CC(=O)NCCN(C)C)cc1C. The zero-order valence-corrected chi connectivity index (χ0v) is 14.7. The first-order chi connectivity index (χ1) is 10.1. The van der Waals surface area contributed by atoms with E-state index in [1.54, 1.807) is 18.2 Å². The van der Waals surface area contributed by atoms with Crippen molar-refractivity contribution in [1.82, 2.24) is 14.5 Å². The van der Waals surface area contributed by atoms with E-state index in [1.807, 2.05) is 32.8 Å². The lowest BCUT2D eigenvalue weighted by atomic mass is 10.1. The summed E-state index contributed by atoms with van der Waals surface area (Å²) in [4.78, 5) is 13.9. The quantitative estimate of drug-likeness (QED) is 0.796. The van der Waals surface area contributed by atoms with Crippen LogP contribution < -0.4 is 5.32 Å². The van der Waals surface area contributed by atoms with Gasteiger partial charge in [-0.05, 0) is 51.2 Å². The molecule has 1 aromatic carbocycles. The van der Waals surface area contributed by atoms with Gasteiger partial charge in [0.2, 0.25) is 15.9 Å². The molecule has 0 aliphatic rings. The fourth-order valence-corrected chi connectivity index (χ4v) is 3.03. The second-order valence-corrected chi connectivity index (χ2v) is 7.71. The van der Waals surface area contributed by atoms with E-state index in [2.05, 4.69) is 5.32 Å². The number of hydrogen-bond donors (Lipinski definition) is 1. The lowest BCUT2D eigenvalue weighted by Gasteiger charge is -2.18. The molecule has 0 atom stereocenters. The Kier molecular flexibility index (Phi) is 6.52. The van der Waals surface area contributed by atoms with E-state index >= 15 is 0 Å². The summed E-state index contributed by atoms with van der Waals surface area (Å²) < 4.78 is 26.0. The minimum Gasteiger partial charge on any atom is -0.354 e. The molecule has 124 valence electrons. The third-order valence-corrected chi connectivity index (χ3v) is 5.23. The molecule has 0 saturated carbocycles. The summed E-state index contributed by atoms with van der Waals surface area (Å²) in [7, 11) is 1.57. The van der Waals surface area contributed by atoms with Gasteiger partial charge in [-0.1, -0.05) is 6.07 Å². The van der Waals surface area contributed by atoms with Crippen LogP contribution in [0.2, 0.25) is 0 Å². The number of likely N-dealkylation sites (N-methyl/N-ethyl adjacent to an activating group) is 2. The van der Waals surface area contributed by atoms with Crippen molar-refractivity contribution in [2.75, 3.05) is 40.8 Å². The highest BCUT2D eigenvalue weighted by atomic mass is 32.2. The molecule has 0 saturated heterocycles. The molecule has 22 heavy (non-hydrogen) atoms. The van der Waals surface area contributed by atoms with Crippen LogP contribution in [-0.2, 0) is 14.8 Å². The Morgan fingerprint density at radius 3 is 2.32 bits per heavy atom. The number of nitrogens with zero attached hydrogens (tertiary/aromatic N) is 2. The van der Waals surface area contributed by atoms with Crippen LogP contribution in [-0.4, -0.2) is 64.3 Å². The Morgan fingerprint density at radius 2 is 1.77 bits per heavy atom. The van der Waals surface area contributed by atoms with Crippen LogP contribution >= 0.6 is 0 Å². The summed E-state index contributed by atoms with van der Waals surface area (Å²) in [5, 5.41) is 2.70. The van der Waals surface area contributed by atoms with E-state index in [-0.39, 0.29) is 17.3 Å². The molecule has 1 N–H and O–H groups in total. The van der Waals surface area contributed by atoms with Gasteiger partial charge in [-0.3, -0.25) is 4.79 Å². The molecule has 0 fully saturated rings. The van der Waals surface area contributed by atoms with Gasteiger partial charge in [-0.15, -0.1) is 0 Å². The third kappa shape index (κ3) is 5.08. The summed E-state index contributed by atoms with van der Waals surface area (Å²) in [5.41, 5.74) is 1.94. The second kappa shape index (κ2) is 7.71. The van der Waals surface area contributed by atoms with Crippen LogP contribution in [0.1, 0.15) is 11.1 Å². The average molecular weight is 327 g/mol. The van der Waals surface area contributed by atoms with Crippen molar-refractivity contribution < 1.29 is 13.2 Å². The van der Waals surface area contributed by atoms with Crippen molar-refractivity contribution in [3.05, 3.63) is 29.3 Å². The number of sulfonamides is 1. The topological polar surface area (TPSA) is 69.7 Å². The van der Waals surface area contributed by atoms with Gasteiger partial charge >= 0.3 is 0 Å². The zero-order valence-electron chi connectivity index (χ0n) is 13.9. The number of benzene rings is 1. The van der Waals surface area contributed by atoms with Gasteiger partial charge in [-0.2, -0.15) is 4.31 Å². The fourth-order valence-electron chi connectivity index (χ4n) is 1.82. The molecule has 0 aliphatic carbocycles. The largest absolute Gasteiger partial charge is 0.354 e. The number of amides is 1. The summed E-state index contributed by atoms with van der Waals surface area (Å²) in [5.74, 6) is -0.309. The lowest BCUT2D eigenvalue weighted by molar-refractivity contribution is -0.121. The molecular formula is C15H25N3O3S. The molecule has 0 spiro atoms. The molecule has 0 unspecified atom stereocenters. The van der Waals surface area contributed by atoms with Gasteiger partial charge in [0, 0.05) is 20.1 Å². The third-order valence-electron chi connectivity index (χ3n) is 3.43. The van der Waals surface area contributed by atoms with Gasteiger partial charge < -0.3 is 10.2 Å². The molecule has 1 amide bonds. The van der Waals surface area contributed by atoms with Gasteiger partial charge in [0.15, 0.2) is 0 Å². The number of hydrogen-bond acceptors (Lipinski definition) is 4. The summed E-state index contributed by atoms with van der Waals surface area (Å²) in [6.45, 7) is 4.79. The number of carbonyl (C=O) groups excluding carboxylic acids is 1. The highest BCUT2D eigenvalue weighted by Gasteiger charge is 2.23. The molecule has 0 bridgehead atoms. The molecule has 1 rings (SSSR count). The molecule has 7 heteroatoms. The maximum atomic E-state index is 12.5. The summed E-state index contributed by atoms with van der Waals surface area (Å²) in [6.07, 6.45) is 0. The minimum absolute atomic E-state index is 0.192. The smallest absolute Gasteiger partial charge is 0.243 e. The maximum Gasteiger partial charge on any atom is 0.243 e. The van der Waals surface area contributed by atoms with Crippen LogP contribution in [0.15, 0.2) is 23.1 Å². The molecule has 6 nitrogen and oxygen atoms in total. The molecule has 1 aromatic rings. The molecule has 0 heterocycles. The van der Waals surface area contributed by atoms with Gasteiger partial charge in [0.05, 0.1) is 11.4 Å². The molecular weight excluding hydrogens is 302 g/mol. The van der Waals surface area contributed by atoms with Crippen molar-refractivity contribution in [3.8, 4) is 0 Å². The van der Waals surface area contributed by atoms with Crippen LogP contribution in [0.3, 0.4) is 0 Å².